The van der Waals surface area contributed by atoms with E-state index in [0.717, 1.165) is 11.1 Å². The van der Waals surface area contributed by atoms with Crippen LogP contribution in [0.4, 0.5) is 13.2 Å². The van der Waals surface area contributed by atoms with Crippen LogP contribution < -0.4 is 5.73 Å². The molecule has 1 aromatic rings. The molecule has 0 aliphatic rings. The van der Waals surface area contributed by atoms with Gasteiger partial charge < -0.3 is 5.73 Å². The predicted molar refractivity (Wildman–Crippen MR) is 62.7 cm³/mol. The first-order valence-electron chi connectivity index (χ1n) is 5.76. The van der Waals surface area contributed by atoms with Crippen LogP contribution >= 0.6 is 0 Å². The van der Waals surface area contributed by atoms with Crippen LogP contribution in [0, 0.1) is 12.8 Å². The quantitative estimate of drug-likeness (QED) is 0.844. The summed E-state index contributed by atoms with van der Waals surface area (Å²) in [6, 6.07) is 7.60. The normalized spacial score (nSPS) is 13.7. The standard InChI is InChI=1S/C13H18F3N/c1-10-2-4-11(5-3-10)6-7-12(8-9-17)13(14,15)16/h2-5,12H,6-9,17H2,1H3. The number of benzene rings is 1. The van der Waals surface area contributed by atoms with Crippen molar-refractivity contribution in [2.45, 2.75) is 32.4 Å². The second-order valence-corrected chi connectivity index (χ2v) is 4.34. The third-order valence-corrected chi connectivity index (χ3v) is 2.88. The molecule has 1 aromatic carbocycles. The van der Waals surface area contributed by atoms with Gasteiger partial charge in [-0.25, -0.2) is 0 Å². The van der Waals surface area contributed by atoms with Crippen LogP contribution in [0.2, 0.25) is 0 Å². The number of nitrogens with two attached hydrogens (primary N) is 1. The lowest BCUT2D eigenvalue weighted by molar-refractivity contribution is -0.177. The van der Waals surface area contributed by atoms with E-state index in [4.69, 9.17) is 5.73 Å². The molecule has 0 amide bonds. The number of aryl methyl sites for hydroxylation is 2. The minimum absolute atomic E-state index is 0.00929. The lowest BCUT2D eigenvalue weighted by Gasteiger charge is -2.19. The Morgan fingerprint density at radius 2 is 1.71 bits per heavy atom. The largest absolute Gasteiger partial charge is 0.391 e. The van der Waals surface area contributed by atoms with Crippen LogP contribution in [0.15, 0.2) is 24.3 Å². The molecule has 17 heavy (non-hydrogen) atoms. The van der Waals surface area contributed by atoms with Crippen LogP contribution in [0.1, 0.15) is 24.0 Å². The van der Waals surface area contributed by atoms with Crippen molar-refractivity contribution in [2.24, 2.45) is 11.7 Å². The van der Waals surface area contributed by atoms with E-state index in [2.05, 4.69) is 0 Å². The van der Waals surface area contributed by atoms with Gasteiger partial charge in [-0.15, -0.1) is 0 Å². The van der Waals surface area contributed by atoms with Crippen molar-refractivity contribution in [3.8, 4) is 0 Å². The first kappa shape index (κ1) is 14.0. The van der Waals surface area contributed by atoms with Gasteiger partial charge in [0.25, 0.3) is 0 Å². The van der Waals surface area contributed by atoms with E-state index in [1.54, 1.807) is 0 Å². The summed E-state index contributed by atoms with van der Waals surface area (Å²) in [5.41, 5.74) is 7.28. The Kier molecular flexibility index (Phi) is 5.00. The van der Waals surface area contributed by atoms with Crippen molar-refractivity contribution >= 4 is 0 Å². The Balaban J connectivity index is 2.54. The number of hydrogen-bond acceptors (Lipinski definition) is 1. The number of rotatable bonds is 5. The fourth-order valence-corrected chi connectivity index (χ4v) is 1.77. The number of hydrogen-bond donors (Lipinski definition) is 1. The molecule has 0 aliphatic heterocycles. The molecule has 0 heterocycles. The van der Waals surface area contributed by atoms with Crippen molar-refractivity contribution < 1.29 is 13.2 Å². The van der Waals surface area contributed by atoms with Crippen molar-refractivity contribution in [2.75, 3.05) is 6.54 Å². The average Bonchev–Trinajstić information content (AvgIpc) is 2.25. The highest BCUT2D eigenvalue weighted by molar-refractivity contribution is 5.21. The van der Waals surface area contributed by atoms with E-state index >= 15 is 0 Å². The van der Waals surface area contributed by atoms with E-state index in [0.29, 0.717) is 6.42 Å². The monoisotopic (exact) mass is 245 g/mol. The first-order chi connectivity index (χ1) is 7.93. The second-order valence-electron chi connectivity index (χ2n) is 4.34. The zero-order valence-electron chi connectivity index (χ0n) is 9.93. The van der Waals surface area contributed by atoms with Crippen LogP contribution in [0.25, 0.3) is 0 Å². The van der Waals surface area contributed by atoms with E-state index in [1.165, 1.54) is 0 Å². The molecule has 0 aliphatic carbocycles. The lowest BCUT2D eigenvalue weighted by Crippen LogP contribution is -2.26. The highest BCUT2D eigenvalue weighted by Crippen LogP contribution is 2.32. The fourth-order valence-electron chi connectivity index (χ4n) is 1.77. The topological polar surface area (TPSA) is 26.0 Å². The summed E-state index contributed by atoms with van der Waals surface area (Å²) >= 11 is 0. The molecule has 0 saturated heterocycles. The van der Waals surface area contributed by atoms with E-state index < -0.39 is 12.1 Å². The summed E-state index contributed by atoms with van der Waals surface area (Å²) in [5.74, 6) is -1.28. The summed E-state index contributed by atoms with van der Waals surface area (Å²) in [6.45, 7) is 2.04. The smallest absolute Gasteiger partial charge is 0.330 e. The van der Waals surface area contributed by atoms with Crippen LogP contribution in [-0.4, -0.2) is 12.7 Å². The lowest BCUT2D eigenvalue weighted by atomic mass is 9.95. The van der Waals surface area contributed by atoms with Crippen LogP contribution in [-0.2, 0) is 6.42 Å². The maximum absolute atomic E-state index is 12.6. The molecule has 1 rings (SSSR count). The van der Waals surface area contributed by atoms with Crippen molar-refractivity contribution in [3.63, 3.8) is 0 Å². The van der Waals surface area contributed by atoms with Crippen LogP contribution in [0.3, 0.4) is 0 Å². The Bertz CT molecular complexity index is 330. The maximum atomic E-state index is 12.6. The Hall–Kier alpha value is -1.03. The molecule has 0 saturated carbocycles. The zero-order chi connectivity index (χ0) is 12.9. The number of alkyl halides is 3. The molecule has 96 valence electrons. The summed E-state index contributed by atoms with van der Waals surface area (Å²) in [4.78, 5) is 0. The van der Waals surface area contributed by atoms with Gasteiger partial charge in [0, 0.05) is 0 Å². The Labute approximate surface area is 99.8 Å². The minimum Gasteiger partial charge on any atom is -0.330 e. The SMILES string of the molecule is Cc1ccc(CCC(CCN)C(F)(F)F)cc1. The molecule has 0 spiro atoms. The van der Waals surface area contributed by atoms with Gasteiger partial charge >= 0.3 is 6.18 Å². The van der Waals surface area contributed by atoms with Gasteiger partial charge in [0.15, 0.2) is 0 Å². The maximum Gasteiger partial charge on any atom is 0.391 e. The predicted octanol–water partition coefficient (Wildman–Crippen LogP) is 3.45. The summed E-state index contributed by atoms with van der Waals surface area (Å²) < 4.78 is 37.9. The van der Waals surface area contributed by atoms with Gasteiger partial charge in [-0.05, 0) is 38.3 Å². The molecule has 2 N–H and O–H groups in total. The van der Waals surface area contributed by atoms with E-state index in [9.17, 15) is 13.2 Å². The molecule has 0 radical (unpaired) electrons. The molecule has 1 atom stereocenters. The van der Waals surface area contributed by atoms with Gasteiger partial charge in [-0.2, -0.15) is 13.2 Å². The van der Waals surface area contributed by atoms with Crippen molar-refractivity contribution in [3.05, 3.63) is 35.4 Å². The van der Waals surface area contributed by atoms with Gasteiger partial charge in [0.1, 0.15) is 0 Å². The van der Waals surface area contributed by atoms with Crippen molar-refractivity contribution in [1.82, 2.24) is 0 Å². The summed E-state index contributed by atoms with van der Waals surface area (Å²) in [5, 5.41) is 0. The van der Waals surface area contributed by atoms with Gasteiger partial charge in [0.05, 0.1) is 5.92 Å². The van der Waals surface area contributed by atoms with Crippen molar-refractivity contribution in [1.29, 1.82) is 0 Å². The second kappa shape index (κ2) is 6.05. The van der Waals surface area contributed by atoms with E-state index in [-0.39, 0.29) is 19.4 Å². The van der Waals surface area contributed by atoms with Gasteiger partial charge in [-0.1, -0.05) is 29.8 Å². The molecule has 0 aromatic heterocycles. The molecule has 4 heteroatoms. The first-order valence-corrected chi connectivity index (χ1v) is 5.76. The average molecular weight is 245 g/mol. The highest BCUT2D eigenvalue weighted by atomic mass is 19.4. The highest BCUT2D eigenvalue weighted by Gasteiger charge is 2.38. The summed E-state index contributed by atoms with van der Waals surface area (Å²) in [6.07, 6.45) is -3.56. The minimum atomic E-state index is -4.13. The van der Waals surface area contributed by atoms with Crippen LogP contribution in [0.5, 0.6) is 0 Å². The zero-order valence-corrected chi connectivity index (χ0v) is 9.93. The Morgan fingerprint density at radius 1 is 1.12 bits per heavy atom. The fraction of sp³-hybridized carbons (Fsp3) is 0.538. The molecule has 0 bridgehead atoms. The molecule has 0 fully saturated rings. The number of halogens is 3. The molecular weight excluding hydrogens is 227 g/mol. The third kappa shape index (κ3) is 4.77. The Morgan fingerprint density at radius 3 is 2.18 bits per heavy atom. The third-order valence-electron chi connectivity index (χ3n) is 2.88. The molecular formula is C13H18F3N. The molecule has 1 nitrogen and oxygen atoms in total. The molecule has 1 unspecified atom stereocenters. The van der Waals surface area contributed by atoms with Gasteiger partial charge in [0.2, 0.25) is 0 Å². The summed E-state index contributed by atoms with van der Waals surface area (Å²) in [7, 11) is 0. The van der Waals surface area contributed by atoms with E-state index in [1.807, 2.05) is 31.2 Å². The van der Waals surface area contributed by atoms with Gasteiger partial charge in [-0.3, -0.25) is 0 Å².